The van der Waals surface area contributed by atoms with Gasteiger partial charge in [-0.25, -0.2) is 9.97 Å². The van der Waals surface area contributed by atoms with E-state index in [0.717, 1.165) is 44.0 Å². The molecule has 2 fully saturated rings. The second kappa shape index (κ2) is 7.42. The van der Waals surface area contributed by atoms with Crippen molar-refractivity contribution in [3.63, 3.8) is 0 Å². The van der Waals surface area contributed by atoms with E-state index in [1.54, 1.807) is 7.11 Å². The standard InChI is InChI=1S/C20H24N4O3/c1-14-12-23(9-10-24(14)20(25)15-3-4-15)18-11-19(22-13-21-18)27-17-7-5-16(26-2)6-8-17/h5-8,11,13-15H,3-4,9-10,12H2,1-2H3/t14-/m1/s1. The predicted octanol–water partition coefficient (Wildman–Crippen LogP) is 2.72. The van der Waals surface area contributed by atoms with Crippen molar-refractivity contribution in [2.24, 2.45) is 5.92 Å². The number of carbonyl (C=O) groups is 1. The molecule has 1 saturated heterocycles. The summed E-state index contributed by atoms with van der Waals surface area (Å²) in [6.45, 7) is 4.36. The molecule has 0 radical (unpaired) electrons. The number of rotatable bonds is 5. The minimum Gasteiger partial charge on any atom is -0.497 e. The lowest BCUT2D eigenvalue weighted by molar-refractivity contribution is -0.134. The fourth-order valence-corrected chi connectivity index (χ4v) is 3.38. The Morgan fingerprint density at radius 1 is 1.11 bits per heavy atom. The molecule has 7 heteroatoms. The molecule has 1 aliphatic heterocycles. The lowest BCUT2D eigenvalue weighted by Gasteiger charge is -2.40. The van der Waals surface area contributed by atoms with E-state index in [4.69, 9.17) is 9.47 Å². The molecule has 0 spiro atoms. The van der Waals surface area contributed by atoms with Gasteiger partial charge in [-0.2, -0.15) is 0 Å². The third-order valence-corrected chi connectivity index (χ3v) is 5.07. The van der Waals surface area contributed by atoms with E-state index in [0.29, 0.717) is 17.5 Å². The van der Waals surface area contributed by atoms with Crippen LogP contribution in [-0.4, -0.2) is 53.6 Å². The Morgan fingerprint density at radius 3 is 2.52 bits per heavy atom. The van der Waals surface area contributed by atoms with E-state index in [-0.39, 0.29) is 12.0 Å². The molecule has 2 aliphatic rings. The Kier molecular flexibility index (Phi) is 4.83. The number of benzene rings is 1. The minimum atomic E-state index is 0.174. The van der Waals surface area contributed by atoms with E-state index in [1.165, 1.54) is 6.33 Å². The molecule has 2 heterocycles. The number of hydrogen-bond donors (Lipinski definition) is 0. The van der Waals surface area contributed by atoms with E-state index in [2.05, 4.69) is 21.8 Å². The van der Waals surface area contributed by atoms with Gasteiger partial charge in [0.05, 0.1) is 7.11 Å². The van der Waals surface area contributed by atoms with E-state index in [9.17, 15) is 4.79 Å². The quantitative estimate of drug-likeness (QED) is 0.808. The number of ether oxygens (including phenoxy) is 2. The molecule has 4 rings (SSSR count). The normalized spacial score (nSPS) is 19.7. The monoisotopic (exact) mass is 368 g/mol. The van der Waals surface area contributed by atoms with Crippen LogP contribution in [0.15, 0.2) is 36.7 Å². The molecule has 1 saturated carbocycles. The van der Waals surface area contributed by atoms with Crippen LogP contribution in [0.25, 0.3) is 0 Å². The van der Waals surface area contributed by atoms with Gasteiger partial charge in [-0.3, -0.25) is 4.79 Å². The summed E-state index contributed by atoms with van der Waals surface area (Å²) in [5.74, 6) is 3.36. The maximum Gasteiger partial charge on any atom is 0.226 e. The highest BCUT2D eigenvalue weighted by molar-refractivity contribution is 5.81. The van der Waals surface area contributed by atoms with Crippen molar-refractivity contribution in [1.29, 1.82) is 0 Å². The first-order valence-corrected chi connectivity index (χ1v) is 9.33. The first-order valence-electron chi connectivity index (χ1n) is 9.33. The topological polar surface area (TPSA) is 67.8 Å². The summed E-state index contributed by atoms with van der Waals surface area (Å²) in [5.41, 5.74) is 0. The van der Waals surface area contributed by atoms with Crippen LogP contribution in [0.2, 0.25) is 0 Å². The number of methoxy groups -OCH3 is 1. The molecule has 1 aliphatic carbocycles. The third kappa shape index (κ3) is 3.97. The Morgan fingerprint density at radius 2 is 1.85 bits per heavy atom. The smallest absolute Gasteiger partial charge is 0.226 e. The summed E-state index contributed by atoms with van der Waals surface area (Å²) in [5, 5.41) is 0. The maximum absolute atomic E-state index is 12.4. The van der Waals surface area contributed by atoms with Crippen LogP contribution in [-0.2, 0) is 4.79 Å². The number of anilines is 1. The van der Waals surface area contributed by atoms with Crippen LogP contribution in [0.1, 0.15) is 19.8 Å². The van der Waals surface area contributed by atoms with Gasteiger partial charge in [0, 0.05) is 37.7 Å². The maximum atomic E-state index is 12.4. The average Bonchev–Trinajstić information content (AvgIpc) is 3.53. The van der Waals surface area contributed by atoms with Crippen molar-refractivity contribution >= 4 is 11.7 Å². The first kappa shape index (κ1) is 17.6. The van der Waals surface area contributed by atoms with Gasteiger partial charge >= 0.3 is 0 Å². The van der Waals surface area contributed by atoms with Crippen molar-refractivity contribution in [3.8, 4) is 17.4 Å². The molecule has 0 N–H and O–H groups in total. The zero-order valence-corrected chi connectivity index (χ0v) is 15.7. The van der Waals surface area contributed by atoms with Crippen LogP contribution in [0.3, 0.4) is 0 Å². The van der Waals surface area contributed by atoms with E-state index >= 15 is 0 Å². The zero-order valence-electron chi connectivity index (χ0n) is 15.7. The zero-order chi connectivity index (χ0) is 18.8. The minimum absolute atomic E-state index is 0.174. The van der Waals surface area contributed by atoms with Gasteiger partial charge in [0.15, 0.2) is 0 Å². The van der Waals surface area contributed by atoms with Gasteiger partial charge in [0.25, 0.3) is 0 Å². The molecule has 1 atom stereocenters. The number of piperazine rings is 1. The molecular formula is C20H24N4O3. The highest BCUT2D eigenvalue weighted by atomic mass is 16.5. The van der Waals surface area contributed by atoms with Crippen LogP contribution in [0.5, 0.6) is 17.4 Å². The SMILES string of the molecule is COc1ccc(Oc2cc(N3CCN(C(=O)C4CC4)[C@H](C)C3)ncn2)cc1. The Hall–Kier alpha value is -2.83. The van der Waals surface area contributed by atoms with Crippen LogP contribution in [0, 0.1) is 5.92 Å². The van der Waals surface area contributed by atoms with Crippen molar-refractivity contribution < 1.29 is 14.3 Å². The van der Waals surface area contributed by atoms with Crippen molar-refractivity contribution in [2.75, 3.05) is 31.6 Å². The van der Waals surface area contributed by atoms with Crippen molar-refractivity contribution in [2.45, 2.75) is 25.8 Å². The van der Waals surface area contributed by atoms with Crippen molar-refractivity contribution in [1.82, 2.24) is 14.9 Å². The molecule has 1 aromatic heterocycles. The van der Waals surface area contributed by atoms with Gasteiger partial charge < -0.3 is 19.3 Å². The lowest BCUT2D eigenvalue weighted by Crippen LogP contribution is -2.54. The second-order valence-corrected chi connectivity index (χ2v) is 7.09. The van der Waals surface area contributed by atoms with Gasteiger partial charge in [-0.1, -0.05) is 0 Å². The van der Waals surface area contributed by atoms with Gasteiger partial charge in [0.2, 0.25) is 11.8 Å². The molecule has 1 amide bonds. The molecule has 1 aromatic carbocycles. The molecule has 7 nitrogen and oxygen atoms in total. The van der Waals surface area contributed by atoms with Crippen LogP contribution >= 0.6 is 0 Å². The van der Waals surface area contributed by atoms with E-state index < -0.39 is 0 Å². The number of aromatic nitrogens is 2. The summed E-state index contributed by atoms with van der Waals surface area (Å²) in [6, 6.07) is 9.38. The lowest BCUT2D eigenvalue weighted by atomic mass is 10.1. The average molecular weight is 368 g/mol. The molecule has 27 heavy (non-hydrogen) atoms. The van der Waals surface area contributed by atoms with Crippen LogP contribution in [0.4, 0.5) is 5.82 Å². The number of nitrogens with zero attached hydrogens (tertiary/aromatic N) is 4. The van der Waals surface area contributed by atoms with Crippen LogP contribution < -0.4 is 14.4 Å². The fourth-order valence-electron chi connectivity index (χ4n) is 3.38. The number of amides is 1. The molecule has 2 aromatic rings. The first-order chi connectivity index (χ1) is 13.1. The largest absolute Gasteiger partial charge is 0.497 e. The predicted molar refractivity (Wildman–Crippen MR) is 101 cm³/mol. The summed E-state index contributed by atoms with van der Waals surface area (Å²) < 4.78 is 11.0. The number of hydrogen-bond acceptors (Lipinski definition) is 6. The van der Waals surface area contributed by atoms with E-state index in [1.807, 2.05) is 35.2 Å². The summed E-state index contributed by atoms with van der Waals surface area (Å²) in [4.78, 5) is 25.2. The van der Waals surface area contributed by atoms with Crippen molar-refractivity contribution in [3.05, 3.63) is 36.7 Å². The molecular weight excluding hydrogens is 344 g/mol. The Bertz CT molecular complexity index is 807. The Balaban J connectivity index is 1.42. The number of carbonyl (C=O) groups excluding carboxylic acids is 1. The Labute approximate surface area is 158 Å². The molecule has 0 bridgehead atoms. The van der Waals surface area contributed by atoms with Gasteiger partial charge in [-0.05, 0) is 44.0 Å². The molecule has 142 valence electrons. The van der Waals surface area contributed by atoms with Gasteiger partial charge in [-0.15, -0.1) is 0 Å². The van der Waals surface area contributed by atoms with Gasteiger partial charge in [0.1, 0.15) is 23.6 Å². The highest BCUT2D eigenvalue weighted by Crippen LogP contribution is 2.32. The highest BCUT2D eigenvalue weighted by Gasteiger charge is 2.37. The summed E-state index contributed by atoms with van der Waals surface area (Å²) in [6.07, 6.45) is 3.61. The molecule has 0 unspecified atom stereocenters. The second-order valence-electron chi connectivity index (χ2n) is 7.09. The fraction of sp³-hybridized carbons (Fsp3) is 0.450. The third-order valence-electron chi connectivity index (χ3n) is 5.07. The summed E-state index contributed by atoms with van der Waals surface area (Å²) >= 11 is 0. The summed E-state index contributed by atoms with van der Waals surface area (Å²) in [7, 11) is 1.63.